The summed E-state index contributed by atoms with van der Waals surface area (Å²) in [5.41, 5.74) is 8.90. The molecule has 1 saturated heterocycles. The molecule has 2 fully saturated rings. The lowest BCUT2D eigenvalue weighted by molar-refractivity contribution is 0.0504. The summed E-state index contributed by atoms with van der Waals surface area (Å²) in [5, 5.41) is 0. The van der Waals surface area contributed by atoms with Gasteiger partial charge in [0, 0.05) is 11.7 Å². The Morgan fingerprint density at radius 2 is 2.04 bits per heavy atom. The van der Waals surface area contributed by atoms with E-state index in [0.29, 0.717) is 5.41 Å². The third-order valence-corrected chi connectivity index (χ3v) is 6.26. The molecule has 2 nitrogen and oxygen atoms in total. The van der Waals surface area contributed by atoms with Crippen LogP contribution in [0.25, 0.3) is 0 Å². The highest BCUT2D eigenvalue weighted by Gasteiger charge is 2.43. The lowest BCUT2D eigenvalue weighted by Gasteiger charge is -2.51. The number of rotatable bonds is 7. The van der Waals surface area contributed by atoms with Gasteiger partial charge in [0.2, 0.25) is 0 Å². The van der Waals surface area contributed by atoms with Gasteiger partial charge >= 0.3 is 0 Å². The Morgan fingerprint density at radius 1 is 1.17 bits per heavy atom. The summed E-state index contributed by atoms with van der Waals surface area (Å²) in [6, 6.07) is 9.53. The van der Waals surface area contributed by atoms with Crippen molar-refractivity contribution in [3.05, 3.63) is 29.8 Å². The molecule has 0 radical (unpaired) electrons. The molecule has 0 amide bonds. The molecule has 2 unspecified atom stereocenters. The molecule has 1 heterocycles. The van der Waals surface area contributed by atoms with E-state index in [2.05, 4.69) is 30.0 Å². The average molecular weight is 315 g/mol. The van der Waals surface area contributed by atoms with E-state index in [1.54, 1.807) is 0 Å². The van der Waals surface area contributed by atoms with Crippen LogP contribution in [0.3, 0.4) is 0 Å². The first kappa shape index (κ1) is 16.8. The van der Waals surface area contributed by atoms with Gasteiger partial charge in [0.15, 0.2) is 0 Å². The first-order valence-electron chi connectivity index (χ1n) is 9.83. The molecule has 1 aliphatic heterocycles. The van der Waals surface area contributed by atoms with E-state index >= 15 is 0 Å². The SMILES string of the molecule is CCCCCCCN1CCC2(c3cccc(N)c3)CCCC1C2. The molecule has 2 aliphatic rings. The van der Waals surface area contributed by atoms with Gasteiger partial charge < -0.3 is 10.6 Å². The number of nitrogens with two attached hydrogens (primary N) is 1. The van der Waals surface area contributed by atoms with E-state index in [-0.39, 0.29) is 0 Å². The molecule has 2 bridgehead atoms. The highest BCUT2D eigenvalue weighted by atomic mass is 15.2. The lowest BCUT2D eigenvalue weighted by atomic mass is 9.63. The molecular weight excluding hydrogens is 280 g/mol. The minimum atomic E-state index is 0.414. The van der Waals surface area contributed by atoms with Gasteiger partial charge in [0.25, 0.3) is 0 Å². The third kappa shape index (κ3) is 3.91. The number of unbranched alkanes of at least 4 members (excludes halogenated alkanes) is 4. The molecule has 0 spiro atoms. The summed E-state index contributed by atoms with van der Waals surface area (Å²) in [5.74, 6) is 0. The predicted octanol–water partition coefficient (Wildman–Crippen LogP) is 5.13. The molecule has 2 atom stereocenters. The Bertz CT molecular complexity index is 498. The van der Waals surface area contributed by atoms with Crippen LogP contribution in [0.1, 0.15) is 76.7 Å². The second kappa shape index (κ2) is 7.70. The van der Waals surface area contributed by atoms with E-state index < -0.39 is 0 Å². The summed E-state index contributed by atoms with van der Waals surface area (Å²) in [7, 11) is 0. The number of nitrogens with zero attached hydrogens (tertiary/aromatic N) is 1. The number of nitrogen functional groups attached to an aromatic ring is 1. The van der Waals surface area contributed by atoms with Gasteiger partial charge in [0.05, 0.1) is 0 Å². The van der Waals surface area contributed by atoms with Gasteiger partial charge in [-0.25, -0.2) is 0 Å². The zero-order chi connectivity index (χ0) is 16.1. The Balaban J connectivity index is 1.59. The highest BCUT2D eigenvalue weighted by Crippen LogP contribution is 2.47. The van der Waals surface area contributed by atoms with Crippen molar-refractivity contribution in [2.45, 2.75) is 82.6 Å². The van der Waals surface area contributed by atoms with Crippen LogP contribution >= 0.6 is 0 Å². The molecule has 23 heavy (non-hydrogen) atoms. The minimum absolute atomic E-state index is 0.414. The van der Waals surface area contributed by atoms with Gasteiger partial charge in [-0.3, -0.25) is 0 Å². The molecule has 2 N–H and O–H groups in total. The monoisotopic (exact) mass is 314 g/mol. The molecule has 1 aliphatic carbocycles. The summed E-state index contributed by atoms with van der Waals surface area (Å²) in [6.45, 7) is 4.90. The van der Waals surface area contributed by atoms with Gasteiger partial charge in [0.1, 0.15) is 0 Å². The largest absolute Gasteiger partial charge is 0.399 e. The molecule has 1 aromatic rings. The molecular formula is C21H34N2. The topological polar surface area (TPSA) is 29.3 Å². The number of anilines is 1. The minimum Gasteiger partial charge on any atom is -0.399 e. The summed E-state index contributed by atoms with van der Waals surface area (Å²) >= 11 is 0. The molecule has 128 valence electrons. The molecule has 2 heteroatoms. The normalized spacial score (nSPS) is 28.0. The Kier molecular flexibility index (Phi) is 5.63. The van der Waals surface area contributed by atoms with E-state index in [9.17, 15) is 0 Å². The molecule has 3 rings (SSSR count). The fraction of sp³-hybridized carbons (Fsp3) is 0.714. The summed E-state index contributed by atoms with van der Waals surface area (Å²) in [4.78, 5) is 2.80. The number of fused-ring (bicyclic) bond motifs is 2. The van der Waals surface area contributed by atoms with Crippen LogP contribution in [-0.2, 0) is 5.41 Å². The van der Waals surface area contributed by atoms with Crippen molar-refractivity contribution in [2.24, 2.45) is 0 Å². The van der Waals surface area contributed by atoms with Gasteiger partial charge in [-0.15, -0.1) is 0 Å². The van der Waals surface area contributed by atoms with Crippen LogP contribution < -0.4 is 5.73 Å². The van der Waals surface area contributed by atoms with Crippen LogP contribution in [0.15, 0.2) is 24.3 Å². The quantitative estimate of drug-likeness (QED) is 0.558. The number of hydrogen-bond acceptors (Lipinski definition) is 2. The second-order valence-electron chi connectivity index (χ2n) is 7.86. The van der Waals surface area contributed by atoms with Gasteiger partial charge in [-0.2, -0.15) is 0 Å². The van der Waals surface area contributed by atoms with Crippen LogP contribution in [-0.4, -0.2) is 24.0 Å². The Labute approximate surface area is 142 Å². The third-order valence-electron chi connectivity index (χ3n) is 6.26. The van der Waals surface area contributed by atoms with E-state index in [1.807, 2.05) is 6.07 Å². The van der Waals surface area contributed by atoms with Crippen molar-refractivity contribution in [2.75, 3.05) is 18.8 Å². The Morgan fingerprint density at radius 3 is 2.87 bits per heavy atom. The maximum absolute atomic E-state index is 6.05. The predicted molar refractivity (Wildman–Crippen MR) is 99.7 cm³/mol. The van der Waals surface area contributed by atoms with E-state index in [0.717, 1.165) is 11.7 Å². The van der Waals surface area contributed by atoms with Crippen LogP contribution in [0.4, 0.5) is 5.69 Å². The van der Waals surface area contributed by atoms with Gasteiger partial charge in [-0.05, 0) is 68.3 Å². The maximum atomic E-state index is 6.05. The van der Waals surface area contributed by atoms with Crippen molar-refractivity contribution in [1.82, 2.24) is 4.90 Å². The number of benzene rings is 1. The first-order valence-corrected chi connectivity index (χ1v) is 9.83. The second-order valence-corrected chi connectivity index (χ2v) is 7.86. The van der Waals surface area contributed by atoms with Crippen molar-refractivity contribution >= 4 is 5.69 Å². The smallest absolute Gasteiger partial charge is 0.0316 e. The van der Waals surface area contributed by atoms with Crippen LogP contribution in [0, 0.1) is 0 Å². The van der Waals surface area contributed by atoms with E-state index in [4.69, 9.17) is 5.73 Å². The van der Waals surface area contributed by atoms with Crippen molar-refractivity contribution < 1.29 is 0 Å². The zero-order valence-electron chi connectivity index (χ0n) is 14.9. The van der Waals surface area contributed by atoms with Crippen LogP contribution in [0.2, 0.25) is 0 Å². The van der Waals surface area contributed by atoms with Crippen LogP contribution in [0.5, 0.6) is 0 Å². The average Bonchev–Trinajstić information content (AvgIpc) is 2.57. The van der Waals surface area contributed by atoms with Crippen molar-refractivity contribution in [3.8, 4) is 0 Å². The highest BCUT2D eigenvalue weighted by molar-refractivity contribution is 5.44. The fourth-order valence-corrected chi connectivity index (χ4v) is 4.90. The zero-order valence-corrected chi connectivity index (χ0v) is 14.9. The van der Waals surface area contributed by atoms with Crippen molar-refractivity contribution in [3.63, 3.8) is 0 Å². The first-order chi connectivity index (χ1) is 11.2. The fourth-order valence-electron chi connectivity index (χ4n) is 4.90. The summed E-state index contributed by atoms with van der Waals surface area (Å²) in [6.07, 6.45) is 13.8. The van der Waals surface area contributed by atoms with Crippen molar-refractivity contribution in [1.29, 1.82) is 0 Å². The number of likely N-dealkylation sites (tertiary alicyclic amines) is 1. The standard InChI is InChI=1S/C21H34N2/c1-2-3-4-5-6-14-23-15-13-21(12-8-11-20(23)17-21)18-9-7-10-19(22)16-18/h7,9-10,16,20H,2-6,8,11-15,17,22H2,1H3. The number of piperidine rings is 1. The van der Waals surface area contributed by atoms with Gasteiger partial charge in [-0.1, -0.05) is 51.2 Å². The maximum Gasteiger partial charge on any atom is 0.0316 e. The number of hydrogen-bond donors (Lipinski definition) is 1. The molecule has 1 saturated carbocycles. The Hall–Kier alpha value is -1.02. The molecule has 0 aromatic heterocycles. The summed E-state index contributed by atoms with van der Waals surface area (Å²) < 4.78 is 0. The molecule has 1 aromatic carbocycles. The lowest BCUT2D eigenvalue weighted by Crippen LogP contribution is -2.51. The van der Waals surface area contributed by atoms with E-state index in [1.165, 1.54) is 82.9 Å².